The van der Waals surface area contributed by atoms with Gasteiger partial charge in [-0.25, -0.2) is 18.2 Å². The Morgan fingerprint density at radius 1 is 1.32 bits per heavy atom. The highest BCUT2D eigenvalue weighted by Crippen LogP contribution is 2.50. The number of benzene rings is 1. The summed E-state index contributed by atoms with van der Waals surface area (Å²) >= 11 is 6.06. The Kier molecular flexibility index (Phi) is 2.67. The molecule has 1 heterocycles. The third kappa shape index (κ3) is 1.94. The first kappa shape index (κ1) is 12.6. The van der Waals surface area contributed by atoms with E-state index in [0.717, 1.165) is 0 Å². The van der Waals surface area contributed by atoms with Gasteiger partial charge >= 0.3 is 0 Å². The lowest BCUT2D eigenvalue weighted by atomic mass is 10.3. The van der Waals surface area contributed by atoms with Crippen LogP contribution in [-0.4, -0.2) is 23.4 Å². The summed E-state index contributed by atoms with van der Waals surface area (Å²) in [7, 11) is -3.67. The van der Waals surface area contributed by atoms with Crippen molar-refractivity contribution in [3.05, 3.63) is 41.2 Å². The lowest BCUT2D eigenvalue weighted by molar-refractivity contribution is 0.579. The van der Waals surface area contributed by atoms with E-state index in [1.54, 1.807) is 24.4 Å². The van der Waals surface area contributed by atoms with Gasteiger partial charge < -0.3 is 0 Å². The second kappa shape index (κ2) is 4.03. The van der Waals surface area contributed by atoms with E-state index in [1.807, 2.05) is 6.07 Å². The summed E-state index contributed by atoms with van der Waals surface area (Å²) in [6, 6.07) is 7.12. The summed E-state index contributed by atoms with van der Waals surface area (Å²) in [5.74, 6) is 0. The molecule has 0 atom stereocenters. The van der Waals surface area contributed by atoms with Crippen molar-refractivity contribution >= 4 is 21.6 Å². The molecular formula is C11H11ClN4O2S. The van der Waals surface area contributed by atoms with Crippen LogP contribution in [0.2, 0.25) is 5.02 Å². The second-order valence-corrected chi connectivity index (χ2v) is 6.82. The van der Waals surface area contributed by atoms with Crippen LogP contribution in [0.3, 0.4) is 0 Å². The van der Waals surface area contributed by atoms with Crippen LogP contribution in [0.4, 0.5) is 0 Å². The van der Waals surface area contributed by atoms with Crippen LogP contribution in [0.25, 0.3) is 5.69 Å². The number of halogens is 1. The molecule has 1 aromatic heterocycles. The van der Waals surface area contributed by atoms with Gasteiger partial charge in [0.05, 0.1) is 16.9 Å². The number of aromatic nitrogens is 3. The maximum atomic E-state index is 11.6. The zero-order valence-electron chi connectivity index (χ0n) is 9.82. The molecule has 19 heavy (non-hydrogen) atoms. The fraction of sp³-hybridized carbons (Fsp3) is 0.273. The minimum absolute atomic E-state index is 0.370. The van der Waals surface area contributed by atoms with Gasteiger partial charge in [0.25, 0.3) is 0 Å². The van der Waals surface area contributed by atoms with Crippen molar-refractivity contribution in [2.24, 2.45) is 5.14 Å². The molecule has 0 amide bonds. The van der Waals surface area contributed by atoms with Crippen molar-refractivity contribution < 1.29 is 8.42 Å². The van der Waals surface area contributed by atoms with Crippen molar-refractivity contribution in [3.63, 3.8) is 0 Å². The molecule has 8 heteroatoms. The number of hydrogen-bond donors (Lipinski definition) is 1. The first-order valence-electron chi connectivity index (χ1n) is 5.64. The van der Waals surface area contributed by atoms with Gasteiger partial charge in [0.15, 0.2) is 0 Å². The molecule has 0 aliphatic heterocycles. The smallest absolute Gasteiger partial charge is 0.220 e. The number of sulfonamides is 1. The molecule has 0 spiro atoms. The quantitative estimate of drug-likeness (QED) is 0.921. The summed E-state index contributed by atoms with van der Waals surface area (Å²) in [5.41, 5.74) is 1.02. The van der Waals surface area contributed by atoms with Gasteiger partial charge in [-0.2, -0.15) is 0 Å². The monoisotopic (exact) mass is 298 g/mol. The largest absolute Gasteiger partial charge is 0.228 e. The van der Waals surface area contributed by atoms with E-state index in [2.05, 4.69) is 10.3 Å². The molecule has 1 aliphatic carbocycles. The van der Waals surface area contributed by atoms with Crippen molar-refractivity contribution in [2.75, 3.05) is 0 Å². The predicted molar refractivity (Wildman–Crippen MR) is 70.4 cm³/mol. The Labute approximate surface area is 115 Å². The van der Waals surface area contributed by atoms with Crippen LogP contribution in [0.5, 0.6) is 0 Å². The molecular weight excluding hydrogens is 288 g/mol. The summed E-state index contributed by atoms with van der Waals surface area (Å²) < 4.78 is 23.6. The third-order valence-electron chi connectivity index (χ3n) is 3.31. The highest BCUT2D eigenvalue weighted by atomic mass is 35.5. The lowest BCUT2D eigenvalue weighted by Crippen LogP contribution is -2.28. The zero-order chi connectivity index (χ0) is 13.7. The van der Waals surface area contributed by atoms with Gasteiger partial charge in [-0.15, -0.1) is 5.10 Å². The molecule has 3 rings (SSSR count). The van der Waals surface area contributed by atoms with Crippen LogP contribution in [0, 0.1) is 0 Å². The molecule has 0 radical (unpaired) electrons. The molecule has 0 bridgehead atoms. The molecule has 1 aliphatic rings. The zero-order valence-corrected chi connectivity index (χ0v) is 11.4. The first-order chi connectivity index (χ1) is 8.94. The van der Waals surface area contributed by atoms with Crippen LogP contribution in [-0.2, 0) is 14.8 Å². The number of nitrogens with zero attached hydrogens (tertiary/aromatic N) is 3. The fourth-order valence-electron chi connectivity index (χ4n) is 2.03. The molecule has 100 valence electrons. The van der Waals surface area contributed by atoms with Crippen LogP contribution in [0.1, 0.15) is 18.5 Å². The number of nitrogens with two attached hydrogens (primary N) is 1. The summed E-state index contributed by atoms with van der Waals surface area (Å²) in [5, 5.41) is 13.6. The van der Waals surface area contributed by atoms with E-state index in [4.69, 9.17) is 16.7 Å². The molecule has 1 aromatic carbocycles. The van der Waals surface area contributed by atoms with Gasteiger partial charge in [0.1, 0.15) is 10.4 Å². The normalized spacial score (nSPS) is 17.4. The van der Waals surface area contributed by atoms with Gasteiger partial charge in [-0.3, -0.25) is 0 Å². The summed E-state index contributed by atoms with van der Waals surface area (Å²) in [6.45, 7) is 0. The van der Waals surface area contributed by atoms with Crippen molar-refractivity contribution in [1.29, 1.82) is 0 Å². The molecule has 0 unspecified atom stereocenters. The number of rotatable bonds is 3. The highest BCUT2D eigenvalue weighted by Gasteiger charge is 2.56. The maximum absolute atomic E-state index is 11.6. The number of para-hydroxylation sites is 1. The van der Waals surface area contributed by atoms with Crippen LogP contribution in [0.15, 0.2) is 30.5 Å². The number of primary sulfonamides is 1. The van der Waals surface area contributed by atoms with Gasteiger partial charge in [-0.05, 0) is 25.0 Å². The van der Waals surface area contributed by atoms with E-state index in [9.17, 15) is 8.42 Å². The molecule has 0 saturated heterocycles. The third-order valence-corrected chi connectivity index (χ3v) is 5.33. The van der Waals surface area contributed by atoms with Crippen molar-refractivity contribution in [1.82, 2.24) is 15.0 Å². The molecule has 1 fully saturated rings. The summed E-state index contributed by atoms with van der Waals surface area (Å²) in [4.78, 5) is 0. The fourth-order valence-corrected chi connectivity index (χ4v) is 3.31. The molecule has 1 saturated carbocycles. The van der Waals surface area contributed by atoms with Crippen molar-refractivity contribution in [2.45, 2.75) is 17.6 Å². The average molecular weight is 299 g/mol. The van der Waals surface area contributed by atoms with E-state index in [1.165, 1.54) is 4.68 Å². The molecule has 2 aromatic rings. The Hall–Kier alpha value is -1.44. The molecule has 6 nitrogen and oxygen atoms in total. The van der Waals surface area contributed by atoms with E-state index in [0.29, 0.717) is 29.2 Å². The minimum atomic E-state index is -3.67. The topological polar surface area (TPSA) is 90.9 Å². The van der Waals surface area contributed by atoms with Gasteiger partial charge in [-0.1, -0.05) is 28.9 Å². The van der Waals surface area contributed by atoms with Crippen LogP contribution >= 0.6 is 11.6 Å². The standard InChI is InChI=1S/C11H11ClN4O2S/c12-8-3-1-2-4-9(8)16-7-10(14-15-16)11(5-6-11)19(13,17)18/h1-4,7H,5-6H2,(H2,13,17,18). The Balaban J connectivity index is 2.05. The van der Waals surface area contributed by atoms with E-state index < -0.39 is 14.8 Å². The minimum Gasteiger partial charge on any atom is -0.228 e. The average Bonchev–Trinajstić information content (AvgIpc) is 3.03. The predicted octanol–water partition coefficient (Wildman–Crippen LogP) is 1.20. The Bertz CT molecular complexity index is 737. The lowest BCUT2D eigenvalue weighted by Gasteiger charge is -2.07. The van der Waals surface area contributed by atoms with Crippen molar-refractivity contribution in [3.8, 4) is 5.69 Å². The maximum Gasteiger partial charge on any atom is 0.220 e. The van der Waals surface area contributed by atoms with E-state index in [-0.39, 0.29) is 0 Å². The Morgan fingerprint density at radius 3 is 2.58 bits per heavy atom. The van der Waals surface area contributed by atoms with Crippen LogP contribution < -0.4 is 5.14 Å². The highest BCUT2D eigenvalue weighted by molar-refractivity contribution is 7.90. The molecule has 2 N–H and O–H groups in total. The van der Waals surface area contributed by atoms with Gasteiger partial charge in [0.2, 0.25) is 10.0 Å². The SMILES string of the molecule is NS(=O)(=O)C1(c2cn(-c3ccccc3Cl)nn2)CC1. The second-order valence-electron chi connectivity index (χ2n) is 4.54. The summed E-state index contributed by atoms with van der Waals surface area (Å²) in [6.07, 6.45) is 2.53. The van der Waals surface area contributed by atoms with E-state index >= 15 is 0 Å². The van der Waals surface area contributed by atoms with Gasteiger partial charge in [0, 0.05) is 0 Å². The number of hydrogen-bond acceptors (Lipinski definition) is 4. The Morgan fingerprint density at radius 2 is 2.00 bits per heavy atom. The first-order valence-corrected chi connectivity index (χ1v) is 7.56.